The van der Waals surface area contributed by atoms with Gasteiger partial charge in [0.15, 0.2) is 0 Å². The molecule has 6 heteroatoms. The van der Waals surface area contributed by atoms with Crippen LogP contribution in [-0.2, 0) is 17.8 Å². The summed E-state index contributed by atoms with van der Waals surface area (Å²) >= 11 is 0. The van der Waals surface area contributed by atoms with Crippen LogP contribution in [0, 0.1) is 0 Å². The van der Waals surface area contributed by atoms with Crippen LogP contribution in [0.2, 0.25) is 0 Å². The van der Waals surface area contributed by atoms with Gasteiger partial charge in [-0.15, -0.1) is 0 Å². The number of aromatic nitrogens is 3. The normalized spacial score (nSPS) is 10.6. The average molecular weight is 262 g/mol. The van der Waals surface area contributed by atoms with Gasteiger partial charge in [0.2, 0.25) is 0 Å². The number of nitrogens with zero attached hydrogens (tertiary/aromatic N) is 3. The fourth-order valence-electron chi connectivity index (χ4n) is 1.90. The second kappa shape index (κ2) is 6.19. The van der Waals surface area contributed by atoms with E-state index in [4.69, 9.17) is 4.74 Å². The Morgan fingerprint density at radius 2 is 2.42 bits per heavy atom. The van der Waals surface area contributed by atoms with E-state index in [9.17, 15) is 4.79 Å². The Kier molecular flexibility index (Phi) is 4.35. The Labute approximate surface area is 112 Å². The summed E-state index contributed by atoms with van der Waals surface area (Å²) in [5.74, 6) is -0.0118. The highest BCUT2D eigenvalue weighted by Gasteiger charge is 2.15. The van der Waals surface area contributed by atoms with Gasteiger partial charge in [-0.2, -0.15) is 5.10 Å². The van der Waals surface area contributed by atoms with E-state index < -0.39 is 0 Å². The van der Waals surface area contributed by atoms with Gasteiger partial charge in [0.1, 0.15) is 5.69 Å². The van der Waals surface area contributed by atoms with E-state index in [0.29, 0.717) is 25.4 Å². The monoisotopic (exact) mass is 262 g/mol. The maximum atomic E-state index is 12.3. The lowest BCUT2D eigenvalue weighted by Crippen LogP contribution is -2.28. The number of amides is 1. The second-order valence-electron chi connectivity index (χ2n) is 4.35. The molecule has 0 aliphatic carbocycles. The van der Waals surface area contributed by atoms with Gasteiger partial charge in [0.25, 0.3) is 5.91 Å². The molecule has 2 rings (SSSR count). The number of hydrogen-bond donors (Lipinski definition) is 1. The highest BCUT2D eigenvalue weighted by molar-refractivity contribution is 5.92. The predicted molar refractivity (Wildman–Crippen MR) is 70.7 cm³/mol. The molecule has 2 aromatic rings. The van der Waals surface area contributed by atoms with Gasteiger partial charge in [0, 0.05) is 45.2 Å². The molecule has 0 aliphatic rings. The number of rotatable bonds is 6. The van der Waals surface area contributed by atoms with Crippen LogP contribution in [0.25, 0.3) is 0 Å². The van der Waals surface area contributed by atoms with Crippen molar-refractivity contribution in [3.8, 4) is 0 Å². The standard InChI is InChI=1S/C13H18N4O2/c1-16(10-11-8-14-15-9-11)13(18)12-4-3-5-17(12)6-7-19-2/h3-5,8-9H,6-7,10H2,1-2H3,(H,14,15). The summed E-state index contributed by atoms with van der Waals surface area (Å²) in [6.07, 6.45) is 5.39. The topological polar surface area (TPSA) is 63.1 Å². The zero-order valence-electron chi connectivity index (χ0n) is 11.2. The third-order valence-electron chi connectivity index (χ3n) is 2.91. The minimum atomic E-state index is -0.0118. The molecule has 0 saturated carbocycles. The van der Waals surface area contributed by atoms with Crippen LogP contribution in [0.3, 0.4) is 0 Å². The smallest absolute Gasteiger partial charge is 0.270 e. The van der Waals surface area contributed by atoms with Crippen LogP contribution in [0.1, 0.15) is 16.1 Å². The SMILES string of the molecule is COCCn1cccc1C(=O)N(C)Cc1cn[nH]c1. The first-order chi connectivity index (χ1) is 9.22. The van der Waals surface area contributed by atoms with Gasteiger partial charge >= 0.3 is 0 Å². The third-order valence-corrected chi connectivity index (χ3v) is 2.91. The number of ether oxygens (including phenoxy) is 1. The molecule has 0 saturated heterocycles. The van der Waals surface area contributed by atoms with Crippen LogP contribution >= 0.6 is 0 Å². The zero-order chi connectivity index (χ0) is 13.7. The lowest BCUT2D eigenvalue weighted by Gasteiger charge is -2.17. The van der Waals surface area contributed by atoms with Crippen molar-refractivity contribution < 1.29 is 9.53 Å². The molecule has 0 aliphatic heterocycles. The van der Waals surface area contributed by atoms with Crippen LogP contribution in [0.5, 0.6) is 0 Å². The van der Waals surface area contributed by atoms with E-state index >= 15 is 0 Å². The van der Waals surface area contributed by atoms with E-state index in [-0.39, 0.29) is 5.91 Å². The van der Waals surface area contributed by atoms with E-state index in [1.165, 1.54) is 0 Å². The largest absolute Gasteiger partial charge is 0.383 e. The zero-order valence-corrected chi connectivity index (χ0v) is 11.2. The van der Waals surface area contributed by atoms with Crippen LogP contribution < -0.4 is 0 Å². The molecule has 0 fully saturated rings. The summed E-state index contributed by atoms with van der Waals surface area (Å²) in [5.41, 5.74) is 1.65. The van der Waals surface area contributed by atoms with Crippen molar-refractivity contribution in [3.05, 3.63) is 42.0 Å². The number of hydrogen-bond acceptors (Lipinski definition) is 3. The summed E-state index contributed by atoms with van der Waals surface area (Å²) in [6.45, 7) is 1.79. The lowest BCUT2D eigenvalue weighted by atomic mass is 10.3. The van der Waals surface area contributed by atoms with Crippen molar-refractivity contribution in [3.63, 3.8) is 0 Å². The number of nitrogens with one attached hydrogen (secondary N) is 1. The molecular weight excluding hydrogens is 244 g/mol. The summed E-state index contributed by atoms with van der Waals surface area (Å²) in [6, 6.07) is 3.69. The first kappa shape index (κ1) is 13.4. The number of H-pyrrole nitrogens is 1. The maximum absolute atomic E-state index is 12.3. The first-order valence-corrected chi connectivity index (χ1v) is 6.09. The minimum Gasteiger partial charge on any atom is -0.383 e. The van der Waals surface area contributed by atoms with E-state index in [0.717, 1.165) is 5.56 Å². The maximum Gasteiger partial charge on any atom is 0.270 e. The van der Waals surface area contributed by atoms with Crippen molar-refractivity contribution >= 4 is 5.91 Å². The number of methoxy groups -OCH3 is 1. The molecule has 0 radical (unpaired) electrons. The van der Waals surface area contributed by atoms with Crippen LogP contribution in [0.4, 0.5) is 0 Å². The Hall–Kier alpha value is -2.08. The third kappa shape index (κ3) is 3.23. The van der Waals surface area contributed by atoms with E-state index in [1.54, 1.807) is 31.5 Å². The molecule has 1 N–H and O–H groups in total. The number of aromatic amines is 1. The minimum absolute atomic E-state index is 0.0118. The molecule has 0 spiro atoms. The lowest BCUT2D eigenvalue weighted by molar-refractivity contribution is 0.0772. The summed E-state index contributed by atoms with van der Waals surface area (Å²) < 4.78 is 6.94. The number of carbonyl (C=O) groups is 1. The van der Waals surface area contributed by atoms with Gasteiger partial charge < -0.3 is 14.2 Å². The quantitative estimate of drug-likeness (QED) is 0.848. The second-order valence-corrected chi connectivity index (χ2v) is 4.35. The first-order valence-electron chi connectivity index (χ1n) is 6.09. The Morgan fingerprint density at radius 3 is 3.11 bits per heavy atom. The molecule has 2 heterocycles. The highest BCUT2D eigenvalue weighted by atomic mass is 16.5. The fourth-order valence-corrected chi connectivity index (χ4v) is 1.90. The summed E-state index contributed by atoms with van der Waals surface area (Å²) in [5, 5.41) is 6.61. The van der Waals surface area contributed by atoms with Gasteiger partial charge in [-0.1, -0.05) is 0 Å². The van der Waals surface area contributed by atoms with Crippen molar-refractivity contribution in [1.29, 1.82) is 0 Å². The molecule has 0 unspecified atom stereocenters. The summed E-state index contributed by atoms with van der Waals surface area (Å²) in [7, 11) is 3.43. The molecule has 0 bridgehead atoms. The molecule has 102 valence electrons. The van der Waals surface area contributed by atoms with Crippen molar-refractivity contribution in [2.24, 2.45) is 0 Å². The molecule has 2 aromatic heterocycles. The summed E-state index contributed by atoms with van der Waals surface area (Å²) in [4.78, 5) is 14.0. The van der Waals surface area contributed by atoms with Crippen molar-refractivity contribution in [1.82, 2.24) is 19.7 Å². The van der Waals surface area contributed by atoms with Crippen molar-refractivity contribution in [2.75, 3.05) is 20.8 Å². The molecular formula is C13H18N4O2. The van der Waals surface area contributed by atoms with E-state index in [2.05, 4.69) is 10.2 Å². The fraction of sp³-hybridized carbons (Fsp3) is 0.385. The van der Waals surface area contributed by atoms with Gasteiger partial charge in [-0.3, -0.25) is 9.89 Å². The van der Waals surface area contributed by atoms with Crippen molar-refractivity contribution in [2.45, 2.75) is 13.1 Å². The predicted octanol–water partition coefficient (Wildman–Crippen LogP) is 1.13. The van der Waals surface area contributed by atoms with E-state index in [1.807, 2.05) is 22.9 Å². The number of carbonyl (C=O) groups excluding carboxylic acids is 1. The molecule has 0 atom stereocenters. The molecule has 0 aromatic carbocycles. The van der Waals surface area contributed by atoms with Gasteiger partial charge in [-0.05, 0) is 12.1 Å². The Morgan fingerprint density at radius 1 is 1.58 bits per heavy atom. The van der Waals surface area contributed by atoms with Gasteiger partial charge in [-0.25, -0.2) is 0 Å². The van der Waals surface area contributed by atoms with Crippen LogP contribution in [-0.4, -0.2) is 46.3 Å². The van der Waals surface area contributed by atoms with Gasteiger partial charge in [0.05, 0.1) is 12.8 Å². The Bertz CT molecular complexity index is 518. The molecule has 6 nitrogen and oxygen atoms in total. The van der Waals surface area contributed by atoms with Crippen LogP contribution in [0.15, 0.2) is 30.7 Å². The average Bonchev–Trinajstić information content (AvgIpc) is 3.06. The molecule has 1 amide bonds. The highest BCUT2D eigenvalue weighted by Crippen LogP contribution is 2.08. The Balaban J connectivity index is 2.04. The molecule has 19 heavy (non-hydrogen) atoms.